The average Bonchev–Trinajstić information content (AvgIpc) is 2.79. The molecule has 2 amide bonds. The predicted octanol–water partition coefficient (Wildman–Crippen LogP) is 3.45. The van der Waals surface area contributed by atoms with Crippen LogP contribution in [0.15, 0.2) is 54.6 Å². The van der Waals surface area contributed by atoms with Crippen molar-refractivity contribution in [2.45, 2.75) is 38.6 Å². The van der Waals surface area contributed by atoms with Crippen LogP contribution in [0.25, 0.3) is 0 Å². The highest BCUT2D eigenvalue weighted by molar-refractivity contribution is 5.87. The fraction of sp³-hybridized carbons (Fsp3) is 0.417. The molecule has 0 spiro atoms. The van der Waals surface area contributed by atoms with E-state index in [9.17, 15) is 9.59 Å². The molecule has 1 N–H and O–H groups in total. The lowest BCUT2D eigenvalue weighted by atomic mass is 10.1. The second-order valence-corrected chi connectivity index (χ2v) is 6.99. The molecule has 6 nitrogen and oxygen atoms in total. The summed E-state index contributed by atoms with van der Waals surface area (Å²) in [4.78, 5) is 27.0. The summed E-state index contributed by atoms with van der Waals surface area (Å²) in [6.45, 7) is 2.87. The summed E-state index contributed by atoms with van der Waals surface area (Å²) in [5, 5.41) is 2.68. The van der Waals surface area contributed by atoms with Crippen molar-refractivity contribution >= 4 is 11.8 Å². The SMILES string of the molecule is CC[C@H](C(=O)NC)N(CCc1ccccc1)C(=O)CCCOc1ccc(OC)cc1. The number of nitrogens with zero attached hydrogens (tertiary/aromatic N) is 1. The Labute approximate surface area is 179 Å². The summed E-state index contributed by atoms with van der Waals surface area (Å²) in [6.07, 6.45) is 2.19. The van der Waals surface area contributed by atoms with Gasteiger partial charge in [0.1, 0.15) is 17.5 Å². The molecule has 0 heterocycles. The van der Waals surface area contributed by atoms with Gasteiger partial charge in [0.25, 0.3) is 0 Å². The summed E-state index contributed by atoms with van der Waals surface area (Å²) >= 11 is 0. The first-order valence-corrected chi connectivity index (χ1v) is 10.4. The Kier molecular flexibility index (Phi) is 9.71. The van der Waals surface area contributed by atoms with Gasteiger partial charge >= 0.3 is 0 Å². The first-order chi connectivity index (χ1) is 14.6. The maximum atomic E-state index is 13.0. The molecule has 30 heavy (non-hydrogen) atoms. The fourth-order valence-electron chi connectivity index (χ4n) is 3.29. The Morgan fingerprint density at radius 3 is 2.30 bits per heavy atom. The molecule has 0 saturated heterocycles. The van der Waals surface area contributed by atoms with Crippen LogP contribution in [-0.4, -0.2) is 50.1 Å². The van der Waals surface area contributed by atoms with Crippen molar-refractivity contribution in [3.8, 4) is 11.5 Å². The van der Waals surface area contributed by atoms with Crippen LogP contribution in [0.1, 0.15) is 31.7 Å². The smallest absolute Gasteiger partial charge is 0.242 e. The van der Waals surface area contributed by atoms with E-state index in [4.69, 9.17) is 9.47 Å². The van der Waals surface area contributed by atoms with Crippen LogP contribution in [0.2, 0.25) is 0 Å². The number of benzene rings is 2. The Balaban J connectivity index is 1.92. The van der Waals surface area contributed by atoms with Crippen LogP contribution in [-0.2, 0) is 16.0 Å². The van der Waals surface area contributed by atoms with E-state index in [0.717, 1.165) is 17.1 Å². The lowest BCUT2D eigenvalue weighted by Gasteiger charge is -2.30. The normalized spacial score (nSPS) is 11.4. The van der Waals surface area contributed by atoms with Crippen molar-refractivity contribution in [1.29, 1.82) is 0 Å². The Bertz CT molecular complexity index is 778. The highest BCUT2D eigenvalue weighted by Crippen LogP contribution is 2.17. The first kappa shape index (κ1) is 23.3. The van der Waals surface area contributed by atoms with E-state index in [2.05, 4.69) is 5.32 Å². The number of amides is 2. The minimum absolute atomic E-state index is 0.0280. The zero-order chi connectivity index (χ0) is 21.8. The van der Waals surface area contributed by atoms with Gasteiger partial charge in [-0.05, 0) is 49.1 Å². The molecule has 0 fully saturated rings. The maximum Gasteiger partial charge on any atom is 0.242 e. The van der Waals surface area contributed by atoms with E-state index in [1.54, 1.807) is 19.1 Å². The number of ether oxygens (including phenoxy) is 2. The highest BCUT2D eigenvalue weighted by atomic mass is 16.5. The minimum Gasteiger partial charge on any atom is -0.497 e. The molecule has 0 aliphatic rings. The van der Waals surface area contributed by atoms with Crippen molar-refractivity contribution in [3.05, 3.63) is 60.2 Å². The molecule has 2 aromatic carbocycles. The molecule has 162 valence electrons. The van der Waals surface area contributed by atoms with Crippen LogP contribution in [0, 0.1) is 0 Å². The number of carbonyl (C=O) groups is 2. The third-order valence-corrected chi connectivity index (χ3v) is 4.98. The lowest BCUT2D eigenvalue weighted by Crippen LogP contribution is -2.49. The molecule has 2 rings (SSSR count). The van der Waals surface area contributed by atoms with Gasteiger partial charge < -0.3 is 19.7 Å². The van der Waals surface area contributed by atoms with Crippen molar-refractivity contribution in [2.24, 2.45) is 0 Å². The number of carbonyl (C=O) groups excluding carboxylic acids is 2. The topological polar surface area (TPSA) is 67.9 Å². The number of hydrogen-bond donors (Lipinski definition) is 1. The molecule has 0 aliphatic carbocycles. The lowest BCUT2D eigenvalue weighted by molar-refractivity contribution is -0.140. The van der Waals surface area contributed by atoms with E-state index in [-0.39, 0.29) is 11.8 Å². The van der Waals surface area contributed by atoms with E-state index < -0.39 is 6.04 Å². The molecule has 0 aromatic heterocycles. The summed E-state index contributed by atoms with van der Waals surface area (Å²) in [5.41, 5.74) is 1.14. The zero-order valence-electron chi connectivity index (χ0n) is 18.1. The molecule has 6 heteroatoms. The van der Waals surface area contributed by atoms with Gasteiger partial charge in [-0.2, -0.15) is 0 Å². The zero-order valence-corrected chi connectivity index (χ0v) is 18.1. The summed E-state index contributed by atoms with van der Waals surface area (Å²) in [7, 11) is 3.22. The van der Waals surface area contributed by atoms with Crippen molar-refractivity contribution in [3.63, 3.8) is 0 Å². The molecule has 0 radical (unpaired) electrons. The molecular formula is C24H32N2O4. The van der Waals surface area contributed by atoms with Gasteiger partial charge in [-0.3, -0.25) is 9.59 Å². The molecule has 2 aromatic rings. The van der Waals surface area contributed by atoms with Gasteiger partial charge in [0, 0.05) is 20.0 Å². The second-order valence-electron chi connectivity index (χ2n) is 6.99. The number of rotatable bonds is 12. The summed E-state index contributed by atoms with van der Waals surface area (Å²) in [6, 6.07) is 16.9. The highest BCUT2D eigenvalue weighted by Gasteiger charge is 2.27. The van der Waals surface area contributed by atoms with Crippen molar-refractivity contribution in [2.75, 3.05) is 27.3 Å². The average molecular weight is 413 g/mol. The molecule has 0 saturated carbocycles. The van der Waals surface area contributed by atoms with Gasteiger partial charge in [0.2, 0.25) is 11.8 Å². The van der Waals surface area contributed by atoms with Crippen molar-refractivity contribution < 1.29 is 19.1 Å². The number of likely N-dealkylation sites (N-methyl/N-ethyl adjacent to an activating group) is 1. The van der Waals surface area contributed by atoms with E-state index in [1.807, 2.05) is 61.5 Å². The predicted molar refractivity (Wildman–Crippen MR) is 118 cm³/mol. The van der Waals surface area contributed by atoms with E-state index in [1.165, 1.54) is 0 Å². The Morgan fingerprint density at radius 1 is 1.03 bits per heavy atom. The van der Waals surface area contributed by atoms with Crippen LogP contribution >= 0.6 is 0 Å². The molecular weight excluding hydrogens is 380 g/mol. The van der Waals surface area contributed by atoms with Gasteiger partial charge in [-0.15, -0.1) is 0 Å². The maximum absolute atomic E-state index is 13.0. The standard InChI is InChI=1S/C24H32N2O4/c1-4-22(24(28)25-2)26(17-16-19-9-6-5-7-10-19)23(27)11-8-18-30-21-14-12-20(29-3)13-15-21/h5-7,9-10,12-15,22H,4,8,11,16-18H2,1-3H3,(H,25,28)/t22-/m1/s1. The quantitative estimate of drug-likeness (QED) is 0.542. The summed E-state index contributed by atoms with van der Waals surface area (Å²) < 4.78 is 10.8. The van der Waals surface area contributed by atoms with Crippen LogP contribution in [0.3, 0.4) is 0 Å². The molecule has 1 atom stereocenters. The van der Waals surface area contributed by atoms with Gasteiger partial charge in [-0.1, -0.05) is 37.3 Å². The Morgan fingerprint density at radius 2 is 1.70 bits per heavy atom. The second kappa shape index (κ2) is 12.5. The van der Waals surface area contributed by atoms with E-state index >= 15 is 0 Å². The third-order valence-electron chi connectivity index (χ3n) is 4.98. The molecule has 0 unspecified atom stereocenters. The third kappa shape index (κ3) is 7.10. The number of methoxy groups -OCH3 is 1. The molecule has 0 aliphatic heterocycles. The minimum atomic E-state index is -0.464. The monoisotopic (exact) mass is 412 g/mol. The fourth-order valence-corrected chi connectivity index (χ4v) is 3.29. The summed E-state index contributed by atoms with van der Waals surface area (Å²) in [5.74, 6) is 1.35. The van der Waals surface area contributed by atoms with Crippen LogP contribution in [0.5, 0.6) is 11.5 Å². The van der Waals surface area contributed by atoms with Gasteiger partial charge in [-0.25, -0.2) is 0 Å². The number of nitrogens with one attached hydrogen (secondary N) is 1. The largest absolute Gasteiger partial charge is 0.497 e. The number of hydrogen-bond acceptors (Lipinski definition) is 4. The van der Waals surface area contributed by atoms with Crippen LogP contribution in [0.4, 0.5) is 0 Å². The molecule has 0 bridgehead atoms. The Hall–Kier alpha value is -3.02. The van der Waals surface area contributed by atoms with Gasteiger partial charge in [0.05, 0.1) is 13.7 Å². The van der Waals surface area contributed by atoms with Gasteiger partial charge in [0.15, 0.2) is 0 Å². The van der Waals surface area contributed by atoms with Crippen molar-refractivity contribution in [1.82, 2.24) is 10.2 Å². The van der Waals surface area contributed by atoms with Crippen LogP contribution < -0.4 is 14.8 Å². The van der Waals surface area contributed by atoms with E-state index in [0.29, 0.717) is 38.8 Å². The first-order valence-electron chi connectivity index (χ1n) is 10.4.